The summed E-state index contributed by atoms with van der Waals surface area (Å²) < 4.78 is 0. The van der Waals surface area contributed by atoms with E-state index in [0.717, 1.165) is 16.9 Å². The van der Waals surface area contributed by atoms with E-state index in [0.29, 0.717) is 22.2 Å². The lowest BCUT2D eigenvalue weighted by Gasteiger charge is -2.11. The first-order valence-corrected chi connectivity index (χ1v) is 8.39. The van der Waals surface area contributed by atoms with Crippen LogP contribution in [0.5, 0.6) is 0 Å². The lowest BCUT2D eigenvalue weighted by atomic mass is 10.2. The Kier molecular flexibility index (Phi) is 5.34. The maximum absolute atomic E-state index is 12.2. The number of amides is 2. The van der Waals surface area contributed by atoms with Crippen molar-refractivity contribution in [2.75, 3.05) is 16.0 Å². The van der Waals surface area contributed by atoms with E-state index in [1.807, 2.05) is 38.1 Å². The standard InChI is InChI=1S/C19H18ClN5O/c1-12-6-11-18(25-24-12)21-14-7-9-15(10-8-14)22-19(26)23-17-5-3-4-16(20)13(17)2/h3-11H,1-2H3,(H,21,25)(H2,22,23,26). The number of benzene rings is 2. The number of carbonyl (C=O) groups excluding carboxylic acids is 1. The molecule has 0 saturated carbocycles. The Morgan fingerprint density at radius 2 is 1.62 bits per heavy atom. The van der Waals surface area contributed by atoms with Crippen molar-refractivity contribution in [2.45, 2.75) is 13.8 Å². The van der Waals surface area contributed by atoms with Gasteiger partial charge in [-0.15, -0.1) is 5.10 Å². The molecule has 3 rings (SSSR count). The molecule has 2 amide bonds. The summed E-state index contributed by atoms with van der Waals surface area (Å²) in [6.07, 6.45) is 0. The van der Waals surface area contributed by atoms with Crippen LogP contribution in [0.2, 0.25) is 5.02 Å². The summed E-state index contributed by atoms with van der Waals surface area (Å²) in [6, 6.07) is 16.1. The molecule has 0 fully saturated rings. The summed E-state index contributed by atoms with van der Waals surface area (Å²) >= 11 is 6.06. The van der Waals surface area contributed by atoms with Gasteiger partial charge in [-0.3, -0.25) is 0 Å². The van der Waals surface area contributed by atoms with E-state index in [-0.39, 0.29) is 6.03 Å². The van der Waals surface area contributed by atoms with Gasteiger partial charge in [0.1, 0.15) is 0 Å². The first-order valence-electron chi connectivity index (χ1n) is 8.02. The highest BCUT2D eigenvalue weighted by molar-refractivity contribution is 6.31. The second kappa shape index (κ2) is 7.84. The van der Waals surface area contributed by atoms with E-state index >= 15 is 0 Å². The molecule has 6 nitrogen and oxygen atoms in total. The summed E-state index contributed by atoms with van der Waals surface area (Å²) in [5.74, 6) is 0.658. The Balaban J connectivity index is 1.60. The van der Waals surface area contributed by atoms with Crippen LogP contribution in [0.4, 0.5) is 27.7 Å². The van der Waals surface area contributed by atoms with Gasteiger partial charge in [-0.1, -0.05) is 17.7 Å². The number of halogens is 1. The van der Waals surface area contributed by atoms with Gasteiger partial charge in [-0.25, -0.2) is 4.79 Å². The highest BCUT2D eigenvalue weighted by Crippen LogP contribution is 2.23. The summed E-state index contributed by atoms with van der Waals surface area (Å²) in [5, 5.41) is 17.4. The number of hydrogen-bond donors (Lipinski definition) is 3. The zero-order valence-corrected chi connectivity index (χ0v) is 15.1. The SMILES string of the molecule is Cc1ccc(Nc2ccc(NC(=O)Nc3cccc(Cl)c3C)cc2)nn1. The van der Waals surface area contributed by atoms with E-state index in [9.17, 15) is 4.79 Å². The van der Waals surface area contributed by atoms with Crippen molar-refractivity contribution < 1.29 is 4.79 Å². The van der Waals surface area contributed by atoms with E-state index in [1.165, 1.54) is 0 Å². The highest BCUT2D eigenvalue weighted by Gasteiger charge is 2.07. The predicted octanol–water partition coefficient (Wildman–Crippen LogP) is 5.13. The fourth-order valence-electron chi connectivity index (χ4n) is 2.28. The summed E-state index contributed by atoms with van der Waals surface area (Å²) in [6.45, 7) is 3.74. The molecule has 132 valence electrons. The lowest BCUT2D eigenvalue weighted by Crippen LogP contribution is -2.19. The Hall–Kier alpha value is -3.12. The van der Waals surface area contributed by atoms with Gasteiger partial charge in [-0.05, 0) is 67.9 Å². The van der Waals surface area contributed by atoms with Crippen LogP contribution in [0, 0.1) is 13.8 Å². The molecule has 1 aromatic heterocycles. The number of rotatable bonds is 4. The molecule has 0 spiro atoms. The lowest BCUT2D eigenvalue weighted by molar-refractivity contribution is 0.262. The summed E-state index contributed by atoms with van der Waals surface area (Å²) in [5.41, 5.74) is 3.87. The van der Waals surface area contributed by atoms with Crippen molar-refractivity contribution >= 4 is 40.5 Å². The van der Waals surface area contributed by atoms with Crippen molar-refractivity contribution in [3.05, 3.63) is 70.9 Å². The van der Waals surface area contributed by atoms with Crippen molar-refractivity contribution in [1.29, 1.82) is 0 Å². The van der Waals surface area contributed by atoms with Crippen LogP contribution < -0.4 is 16.0 Å². The quantitative estimate of drug-likeness (QED) is 0.597. The normalized spacial score (nSPS) is 10.3. The van der Waals surface area contributed by atoms with Crippen LogP contribution in [0.3, 0.4) is 0 Å². The van der Waals surface area contributed by atoms with E-state index in [1.54, 1.807) is 30.3 Å². The largest absolute Gasteiger partial charge is 0.339 e. The predicted molar refractivity (Wildman–Crippen MR) is 105 cm³/mol. The van der Waals surface area contributed by atoms with Crippen LogP contribution >= 0.6 is 11.6 Å². The molecule has 0 atom stereocenters. The molecule has 0 radical (unpaired) electrons. The molecule has 2 aromatic carbocycles. The second-order valence-electron chi connectivity index (χ2n) is 5.75. The molecule has 3 aromatic rings. The third-order valence-corrected chi connectivity index (χ3v) is 4.14. The van der Waals surface area contributed by atoms with E-state index < -0.39 is 0 Å². The molecule has 0 aliphatic heterocycles. The van der Waals surface area contributed by atoms with Crippen molar-refractivity contribution in [1.82, 2.24) is 10.2 Å². The zero-order chi connectivity index (χ0) is 18.5. The molecular formula is C19H18ClN5O. The van der Waals surface area contributed by atoms with Crippen LogP contribution in [-0.2, 0) is 0 Å². The van der Waals surface area contributed by atoms with Gasteiger partial charge >= 0.3 is 6.03 Å². The Morgan fingerprint density at radius 1 is 0.885 bits per heavy atom. The molecule has 7 heteroatoms. The van der Waals surface area contributed by atoms with Gasteiger partial charge in [-0.2, -0.15) is 5.10 Å². The molecule has 1 heterocycles. The number of nitrogens with one attached hydrogen (secondary N) is 3. The maximum atomic E-state index is 12.2. The van der Waals surface area contributed by atoms with Crippen LogP contribution in [0.1, 0.15) is 11.3 Å². The minimum Gasteiger partial charge on any atom is -0.339 e. The van der Waals surface area contributed by atoms with Gasteiger partial charge < -0.3 is 16.0 Å². The number of aromatic nitrogens is 2. The summed E-state index contributed by atoms with van der Waals surface area (Å²) in [4.78, 5) is 12.2. The highest BCUT2D eigenvalue weighted by atomic mass is 35.5. The molecule has 0 aliphatic carbocycles. The average Bonchev–Trinajstić information content (AvgIpc) is 2.62. The fraction of sp³-hybridized carbons (Fsp3) is 0.105. The van der Waals surface area contributed by atoms with Gasteiger partial charge in [0, 0.05) is 22.1 Å². The van der Waals surface area contributed by atoms with Crippen LogP contribution in [-0.4, -0.2) is 16.2 Å². The number of aryl methyl sites for hydroxylation is 1. The average molecular weight is 368 g/mol. The first-order chi connectivity index (χ1) is 12.5. The molecule has 0 aliphatic rings. The molecule has 0 saturated heterocycles. The number of nitrogens with zero attached hydrogens (tertiary/aromatic N) is 2. The Labute approximate surface area is 156 Å². The molecular weight excluding hydrogens is 350 g/mol. The number of urea groups is 1. The van der Waals surface area contributed by atoms with Crippen molar-refractivity contribution in [2.24, 2.45) is 0 Å². The van der Waals surface area contributed by atoms with Gasteiger partial charge in [0.2, 0.25) is 0 Å². The monoisotopic (exact) mass is 367 g/mol. The van der Waals surface area contributed by atoms with Crippen molar-refractivity contribution in [3.8, 4) is 0 Å². The minimum atomic E-state index is -0.333. The van der Waals surface area contributed by atoms with Gasteiger partial charge in [0.15, 0.2) is 5.82 Å². The molecule has 0 bridgehead atoms. The van der Waals surface area contributed by atoms with Crippen molar-refractivity contribution in [3.63, 3.8) is 0 Å². The third-order valence-electron chi connectivity index (χ3n) is 3.73. The third kappa shape index (κ3) is 4.49. The van der Waals surface area contributed by atoms with E-state index in [4.69, 9.17) is 11.6 Å². The van der Waals surface area contributed by atoms with Crippen LogP contribution in [0.15, 0.2) is 54.6 Å². The van der Waals surface area contributed by atoms with Gasteiger partial charge in [0.05, 0.1) is 5.69 Å². The second-order valence-corrected chi connectivity index (χ2v) is 6.16. The molecule has 0 unspecified atom stereocenters. The van der Waals surface area contributed by atoms with E-state index in [2.05, 4.69) is 26.1 Å². The maximum Gasteiger partial charge on any atom is 0.323 e. The topological polar surface area (TPSA) is 78.9 Å². The number of hydrogen-bond acceptors (Lipinski definition) is 4. The summed E-state index contributed by atoms with van der Waals surface area (Å²) in [7, 11) is 0. The van der Waals surface area contributed by atoms with Crippen LogP contribution in [0.25, 0.3) is 0 Å². The molecule has 26 heavy (non-hydrogen) atoms. The number of carbonyl (C=O) groups is 1. The Morgan fingerprint density at radius 3 is 2.31 bits per heavy atom. The zero-order valence-electron chi connectivity index (χ0n) is 14.4. The minimum absolute atomic E-state index is 0.333. The molecule has 3 N–H and O–H groups in total. The van der Waals surface area contributed by atoms with Gasteiger partial charge in [0.25, 0.3) is 0 Å². The Bertz CT molecular complexity index is 910. The number of anilines is 4. The fourth-order valence-corrected chi connectivity index (χ4v) is 2.45. The smallest absolute Gasteiger partial charge is 0.323 e. The first kappa shape index (κ1) is 17.7.